The van der Waals surface area contributed by atoms with E-state index in [9.17, 15) is 114 Å². The average Bonchev–Trinajstić information content (AvgIpc) is 2.62. The Kier molecular flexibility index (Phi) is 9.49. The van der Waals surface area contributed by atoms with Crippen molar-refractivity contribution in [3.8, 4) is 0 Å². The lowest BCUT2D eigenvalue weighted by molar-refractivity contribution is -0.446. The van der Waals surface area contributed by atoms with Crippen LogP contribution in [0.1, 0.15) is 0 Å². The first-order valence-corrected chi connectivity index (χ1v) is 9.86. The lowest BCUT2D eigenvalue weighted by Crippen LogP contribution is -2.79. The fraction of sp³-hybridized carbons (Fsp3) is 1.00. The Morgan fingerprint density at radius 3 is 0.659 bits per heavy atom. The van der Waals surface area contributed by atoms with Crippen molar-refractivity contribution in [3.05, 3.63) is 0 Å². The second kappa shape index (κ2) is 9.91. The fourth-order valence-electron chi connectivity index (χ4n) is 1.70. The number of alkyl halides is 26. The molecule has 0 aliphatic rings. The maximum Gasteiger partial charge on any atom is 0.595 e. The van der Waals surface area contributed by atoms with Gasteiger partial charge in [0.1, 0.15) is 0 Å². The zero-order valence-electron chi connectivity index (χ0n) is 17.1. The van der Waals surface area contributed by atoms with Crippen LogP contribution in [-0.2, 0) is 13.3 Å². The maximum atomic E-state index is 14.3. The molecule has 0 aromatic rings. The van der Waals surface area contributed by atoms with Crippen molar-refractivity contribution in [1.82, 2.24) is 0 Å². The molecule has 0 heterocycles. The monoisotopic (exact) mass is 702 g/mol. The van der Waals surface area contributed by atoms with Gasteiger partial charge in [-0.2, -0.15) is 114 Å². The van der Waals surface area contributed by atoms with E-state index in [-0.39, 0.29) is 0 Å². The predicted molar refractivity (Wildman–Crippen MR) is 67.9 cm³/mol. The largest absolute Gasteiger partial charge is 0.595 e. The second-order valence-electron chi connectivity index (χ2n) is 6.70. The summed E-state index contributed by atoms with van der Waals surface area (Å²) in [4.78, 5) is 0. The minimum absolute atomic E-state index is 1.18. The lowest BCUT2D eigenvalue weighted by Gasteiger charge is -2.45. The Morgan fingerprint density at radius 2 is 0.488 bits per heavy atom. The van der Waals surface area contributed by atoms with Crippen LogP contribution in [0.5, 0.6) is 0 Å². The molecule has 248 valence electrons. The van der Waals surface area contributed by atoms with E-state index in [0.29, 0.717) is 0 Å². The van der Waals surface area contributed by atoms with Crippen LogP contribution in [0.15, 0.2) is 0 Å². The van der Waals surface area contributed by atoms with Gasteiger partial charge in [0.25, 0.3) is 0 Å². The number of hydrogen-bond donors (Lipinski definition) is 0. The van der Waals surface area contributed by atoms with Crippen molar-refractivity contribution in [2.24, 2.45) is 0 Å². The Balaban J connectivity index is 8.20. The number of halogens is 26. The minimum atomic E-state index is -11.3. The van der Waals surface area contributed by atoms with Gasteiger partial charge >= 0.3 is 75.1 Å². The van der Waals surface area contributed by atoms with Crippen molar-refractivity contribution in [2.45, 2.75) is 66.3 Å². The van der Waals surface area contributed by atoms with E-state index >= 15 is 0 Å². The first-order valence-electron chi connectivity index (χ1n) is 8.14. The molecular formula is C11F26O3Si. The Morgan fingerprint density at radius 1 is 0.268 bits per heavy atom. The Labute approximate surface area is 204 Å². The summed E-state index contributed by atoms with van der Waals surface area (Å²) in [6, 6.07) is 0. The highest BCUT2D eigenvalue weighted by Gasteiger charge is 2.96. The highest BCUT2D eigenvalue weighted by molar-refractivity contribution is 6.64. The van der Waals surface area contributed by atoms with Crippen LogP contribution >= 0.6 is 0 Å². The zero-order chi connectivity index (χ0) is 34.1. The van der Waals surface area contributed by atoms with Gasteiger partial charge < -0.3 is 13.3 Å². The third-order valence-electron chi connectivity index (χ3n) is 3.70. The lowest BCUT2D eigenvalue weighted by atomic mass is 10.0. The third kappa shape index (κ3) is 6.46. The molecule has 0 atom stereocenters. The van der Waals surface area contributed by atoms with Crippen LogP contribution in [0.25, 0.3) is 0 Å². The summed E-state index contributed by atoms with van der Waals surface area (Å²) in [5, 5.41) is 0. The molecule has 0 aliphatic heterocycles. The molecule has 30 heteroatoms. The molecule has 0 aromatic heterocycles. The van der Waals surface area contributed by atoms with Crippen molar-refractivity contribution in [3.63, 3.8) is 0 Å². The minimum Gasteiger partial charge on any atom is -0.302 e. The SMILES string of the molecule is FC(F)(F)C(F)(F)O[Si](OC(F)(F)C(F)(F)F)(OC(F)(F)C(F)(F)F)C(F)(F)C(F)(F)C(F)(F)C(F)(F)C(F)(F)F. The highest BCUT2D eigenvalue weighted by atomic mass is 28.4. The van der Waals surface area contributed by atoms with Gasteiger partial charge in [0, 0.05) is 0 Å². The summed E-state index contributed by atoms with van der Waals surface area (Å²) >= 11 is 0. The van der Waals surface area contributed by atoms with Crippen molar-refractivity contribution in [2.75, 3.05) is 0 Å². The quantitative estimate of drug-likeness (QED) is 0.170. The van der Waals surface area contributed by atoms with E-state index in [4.69, 9.17) is 0 Å². The molecule has 0 saturated carbocycles. The second-order valence-corrected chi connectivity index (χ2v) is 9.05. The highest BCUT2D eigenvalue weighted by Crippen LogP contribution is 2.62. The predicted octanol–water partition coefficient (Wildman–Crippen LogP) is 8.08. The van der Waals surface area contributed by atoms with Crippen LogP contribution < -0.4 is 0 Å². The van der Waals surface area contributed by atoms with Crippen molar-refractivity contribution < 1.29 is 127 Å². The van der Waals surface area contributed by atoms with Crippen LogP contribution in [0.2, 0.25) is 0 Å². The fourth-order valence-corrected chi connectivity index (χ4v) is 4.11. The van der Waals surface area contributed by atoms with Gasteiger partial charge in [-0.15, -0.1) is 0 Å². The summed E-state index contributed by atoms with van der Waals surface area (Å²) in [6.07, 6.45) is -57.8. The molecule has 0 aromatic carbocycles. The molecule has 0 amide bonds. The van der Waals surface area contributed by atoms with E-state index in [1.54, 1.807) is 0 Å². The zero-order valence-corrected chi connectivity index (χ0v) is 18.1. The molecule has 0 spiro atoms. The molecule has 0 radical (unpaired) electrons. The molecule has 0 rings (SSSR count). The van der Waals surface area contributed by atoms with Gasteiger partial charge in [0.05, 0.1) is 0 Å². The first kappa shape index (κ1) is 39.3. The molecule has 0 bridgehead atoms. The van der Waals surface area contributed by atoms with E-state index in [1.807, 2.05) is 0 Å². The Bertz CT molecular complexity index is 852. The maximum absolute atomic E-state index is 14.3. The smallest absolute Gasteiger partial charge is 0.302 e. The molecule has 3 nitrogen and oxygen atoms in total. The summed E-state index contributed by atoms with van der Waals surface area (Å²) in [7, 11) is -11.3. The van der Waals surface area contributed by atoms with Crippen molar-refractivity contribution >= 4 is 8.80 Å². The number of hydrogen-bond acceptors (Lipinski definition) is 3. The summed E-state index contributed by atoms with van der Waals surface area (Å²) in [6.45, 7) is 0. The van der Waals surface area contributed by atoms with Crippen LogP contribution in [0.4, 0.5) is 114 Å². The molecule has 0 N–H and O–H groups in total. The molecular weight excluding hydrogens is 702 g/mol. The van der Waals surface area contributed by atoms with Gasteiger partial charge in [0.2, 0.25) is 0 Å². The summed E-state index contributed by atoms with van der Waals surface area (Å²) in [5.41, 5.74) is -9.49. The molecule has 0 saturated heterocycles. The molecule has 0 unspecified atom stereocenters. The van der Waals surface area contributed by atoms with Crippen LogP contribution in [0, 0.1) is 0 Å². The van der Waals surface area contributed by atoms with E-state index in [0.717, 1.165) is 0 Å². The van der Waals surface area contributed by atoms with Crippen LogP contribution in [0.3, 0.4) is 0 Å². The van der Waals surface area contributed by atoms with Gasteiger partial charge in [-0.05, 0) is 0 Å². The van der Waals surface area contributed by atoms with Crippen LogP contribution in [-0.4, -0.2) is 75.1 Å². The average molecular weight is 702 g/mol. The van der Waals surface area contributed by atoms with Crippen molar-refractivity contribution in [1.29, 1.82) is 0 Å². The normalized spacial score (nSPS) is 16.8. The number of rotatable bonds is 10. The summed E-state index contributed by atoms with van der Waals surface area (Å²) in [5.74, 6) is -27.6. The molecule has 0 aliphatic carbocycles. The topological polar surface area (TPSA) is 27.7 Å². The van der Waals surface area contributed by atoms with E-state index < -0.39 is 75.1 Å². The summed E-state index contributed by atoms with van der Waals surface area (Å²) < 4.78 is 339. The third-order valence-corrected chi connectivity index (χ3v) is 6.36. The first-order chi connectivity index (χ1) is 17.1. The van der Waals surface area contributed by atoms with Gasteiger partial charge in [-0.1, -0.05) is 0 Å². The van der Waals surface area contributed by atoms with E-state index in [1.165, 1.54) is 13.3 Å². The van der Waals surface area contributed by atoms with E-state index in [2.05, 4.69) is 0 Å². The standard InChI is InChI=1S/C11F26O3Si/c12-1(13,2(14,15)4(18,19)20)3(16,17)11(36,37)41(38-8(30,31)5(21,22)23,39-9(32,33)6(24,25)26)40-10(34,35)7(27,28)29. The van der Waals surface area contributed by atoms with Gasteiger partial charge in [-0.3, -0.25) is 0 Å². The molecule has 41 heavy (non-hydrogen) atoms. The Hall–Kier alpha value is -1.72. The van der Waals surface area contributed by atoms with Gasteiger partial charge in [0.15, 0.2) is 0 Å². The molecule has 0 fully saturated rings. The van der Waals surface area contributed by atoms with Gasteiger partial charge in [-0.25, -0.2) is 0 Å².